The van der Waals surface area contributed by atoms with Crippen molar-refractivity contribution in [3.8, 4) is 0 Å². The van der Waals surface area contributed by atoms with E-state index in [1.165, 1.54) is 0 Å². The van der Waals surface area contributed by atoms with Gasteiger partial charge in [0.05, 0.1) is 6.10 Å². The maximum absolute atomic E-state index is 11.4. The van der Waals surface area contributed by atoms with Crippen LogP contribution in [0.5, 0.6) is 0 Å². The Morgan fingerprint density at radius 2 is 1.95 bits per heavy atom. The van der Waals surface area contributed by atoms with Crippen molar-refractivity contribution in [1.82, 2.24) is 5.32 Å². The summed E-state index contributed by atoms with van der Waals surface area (Å²) < 4.78 is 5.12. The number of aliphatic hydroxyl groups is 1. The number of hydrogen-bond acceptors (Lipinski definition) is 3. The maximum atomic E-state index is 11.4. The predicted octanol–water partition coefficient (Wildman–Crippen LogP) is 3.02. The Kier molecular flexibility index (Phi) is 5.83. The van der Waals surface area contributed by atoms with Gasteiger partial charge in [-0.1, -0.05) is 30.3 Å². The van der Waals surface area contributed by atoms with Crippen molar-refractivity contribution in [2.75, 3.05) is 6.54 Å². The van der Waals surface area contributed by atoms with Crippen molar-refractivity contribution < 1.29 is 14.6 Å². The maximum Gasteiger partial charge on any atom is 0.407 e. The summed E-state index contributed by atoms with van der Waals surface area (Å²) in [6.07, 6.45) is 0.415. The second-order valence-corrected chi connectivity index (χ2v) is 5.50. The molecule has 1 aromatic rings. The molecule has 1 rings (SSSR count). The first-order valence-corrected chi connectivity index (χ1v) is 6.58. The molecule has 1 atom stereocenters. The minimum absolute atomic E-state index is 0.415. The first-order chi connectivity index (χ1) is 8.88. The van der Waals surface area contributed by atoms with Gasteiger partial charge in [0.25, 0.3) is 0 Å². The predicted molar refractivity (Wildman–Crippen MR) is 74.9 cm³/mol. The van der Waals surface area contributed by atoms with Gasteiger partial charge in [0.2, 0.25) is 0 Å². The number of alkyl carbamates (subject to hydrolysis) is 1. The highest BCUT2D eigenvalue weighted by Crippen LogP contribution is 2.17. The van der Waals surface area contributed by atoms with E-state index in [9.17, 15) is 9.90 Å². The third kappa shape index (κ3) is 6.82. The van der Waals surface area contributed by atoms with Crippen molar-refractivity contribution in [2.45, 2.75) is 45.3 Å². The Bertz CT molecular complexity index is 384. The van der Waals surface area contributed by atoms with E-state index in [1.807, 2.05) is 51.1 Å². The largest absolute Gasteiger partial charge is 0.444 e. The van der Waals surface area contributed by atoms with E-state index in [1.54, 1.807) is 0 Å². The molecule has 0 aliphatic carbocycles. The number of ether oxygens (including phenoxy) is 1. The summed E-state index contributed by atoms with van der Waals surface area (Å²) >= 11 is 0. The van der Waals surface area contributed by atoms with E-state index >= 15 is 0 Å². The van der Waals surface area contributed by atoms with Gasteiger partial charge in [0, 0.05) is 6.54 Å². The fraction of sp³-hybridized carbons (Fsp3) is 0.533. The Labute approximate surface area is 114 Å². The van der Waals surface area contributed by atoms with Crippen molar-refractivity contribution in [1.29, 1.82) is 0 Å². The normalized spacial score (nSPS) is 12.8. The number of nitrogens with one attached hydrogen (secondary N) is 1. The lowest BCUT2D eigenvalue weighted by molar-refractivity contribution is 0.0523. The average molecular weight is 265 g/mol. The van der Waals surface area contributed by atoms with Crippen molar-refractivity contribution in [3.63, 3.8) is 0 Å². The molecule has 1 amide bonds. The topological polar surface area (TPSA) is 58.6 Å². The third-order valence-electron chi connectivity index (χ3n) is 2.51. The first-order valence-electron chi connectivity index (χ1n) is 6.58. The van der Waals surface area contributed by atoms with Crippen LogP contribution < -0.4 is 5.32 Å². The number of benzene rings is 1. The molecular formula is C15H23NO3. The quantitative estimate of drug-likeness (QED) is 0.804. The molecule has 0 saturated heterocycles. The van der Waals surface area contributed by atoms with Crippen LogP contribution in [0.3, 0.4) is 0 Å². The number of carbonyl (C=O) groups excluding carboxylic acids is 1. The highest BCUT2D eigenvalue weighted by atomic mass is 16.6. The van der Waals surface area contributed by atoms with Crippen LogP contribution in [-0.4, -0.2) is 23.3 Å². The molecule has 0 radical (unpaired) electrons. The first kappa shape index (κ1) is 15.5. The summed E-state index contributed by atoms with van der Waals surface area (Å²) in [6, 6.07) is 9.51. The summed E-state index contributed by atoms with van der Waals surface area (Å²) in [5.74, 6) is 0. The number of aliphatic hydroxyl groups excluding tert-OH is 1. The summed E-state index contributed by atoms with van der Waals surface area (Å²) in [7, 11) is 0. The molecule has 0 aliphatic heterocycles. The van der Waals surface area contributed by atoms with Crippen LogP contribution in [0.1, 0.15) is 45.3 Å². The minimum Gasteiger partial charge on any atom is -0.444 e. The Balaban J connectivity index is 2.19. The van der Waals surface area contributed by atoms with E-state index in [-0.39, 0.29) is 0 Å². The van der Waals surface area contributed by atoms with Gasteiger partial charge in [-0.2, -0.15) is 0 Å². The van der Waals surface area contributed by atoms with Crippen molar-refractivity contribution in [2.24, 2.45) is 0 Å². The molecular weight excluding hydrogens is 242 g/mol. The van der Waals surface area contributed by atoms with Gasteiger partial charge in [-0.25, -0.2) is 4.79 Å². The highest BCUT2D eigenvalue weighted by Gasteiger charge is 2.15. The van der Waals surface area contributed by atoms with Gasteiger partial charge in [-0.15, -0.1) is 0 Å². The molecule has 0 saturated carbocycles. The smallest absolute Gasteiger partial charge is 0.407 e. The molecule has 4 nitrogen and oxygen atoms in total. The summed E-state index contributed by atoms with van der Waals surface area (Å²) in [5, 5.41) is 12.6. The van der Waals surface area contributed by atoms with Gasteiger partial charge >= 0.3 is 6.09 Å². The van der Waals surface area contributed by atoms with E-state index in [2.05, 4.69) is 5.32 Å². The van der Waals surface area contributed by atoms with Crippen molar-refractivity contribution in [3.05, 3.63) is 35.9 Å². The van der Waals surface area contributed by atoms with E-state index in [0.717, 1.165) is 5.56 Å². The lowest BCUT2D eigenvalue weighted by Gasteiger charge is -2.19. The molecule has 1 aromatic carbocycles. The third-order valence-corrected chi connectivity index (χ3v) is 2.51. The molecule has 0 aliphatic rings. The lowest BCUT2D eigenvalue weighted by atomic mass is 10.1. The van der Waals surface area contributed by atoms with Crippen LogP contribution in [0, 0.1) is 0 Å². The summed E-state index contributed by atoms with van der Waals surface area (Å²) in [5.41, 5.74) is 0.424. The Hall–Kier alpha value is -1.55. The van der Waals surface area contributed by atoms with Gasteiger partial charge < -0.3 is 15.2 Å². The van der Waals surface area contributed by atoms with Gasteiger partial charge in [0.15, 0.2) is 0 Å². The zero-order valence-electron chi connectivity index (χ0n) is 11.8. The van der Waals surface area contributed by atoms with Gasteiger partial charge in [0.1, 0.15) is 5.60 Å². The zero-order chi connectivity index (χ0) is 14.3. The zero-order valence-corrected chi connectivity index (χ0v) is 11.8. The van der Waals surface area contributed by atoms with Gasteiger partial charge in [-0.3, -0.25) is 0 Å². The van der Waals surface area contributed by atoms with E-state index < -0.39 is 17.8 Å². The van der Waals surface area contributed by atoms with Gasteiger partial charge in [-0.05, 0) is 39.2 Å². The molecule has 0 bridgehead atoms. The average Bonchev–Trinajstić information content (AvgIpc) is 2.33. The molecule has 4 heteroatoms. The molecule has 106 valence electrons. The van der Waals surface area contributed by atoms with Crippen LogP contribution in [0.25, 0.3) is 0 Å². The highest BCUT2D eigenvalue weighted by molar-refractivity contribution is 5.67. The molecule has 0 aromatic heterocycles. The molecule has 0 spiro atoms. The number of carbonyl (C=O) groups is 1. The fourth-order valence-electron chi connectivity index (χ4n) is 1.64. The molecule has 0 unspecified atom stereocenters. The molecule has 0 fully saturated rings. The Morgan fingerprint density at radius 3 is 2.53 bits per heavy atom. The SMILES string of the molecule is CC(C)(C)OC(=O)NCCC[C@@H](O)c1ccccc1. The molecule has 2 N–H and O–H groups in total. The van der Waals surface area contributed by atoms with E-state index in [0.29, 0.717) is 19.4 Å². The lowest BCUT2D eigenvalue weighted by Crippen LogP contribution is -2.33. The second kappa shape index (κ2) is 7.14. The number of amides is 1. The summed E-state index contributed by atoms with van der Waals surface area (Å²) in [6.45, 7) is 5.97. The summed E-state index contributed by atoms with van der Waals surface area (Å²) in [4.78, 5) is 11.4. The van der Waals surface area contributed by atoms with Crippen molar-refractivity contribution >= 4 is 6.09 Å². The Morgan fingerprint density at radius 1 is 1.32 bits per heavy atom. The molecule has 0 heterocycles. The van der Waals surface area contributed by atoms with Crippen LogP contribution in [0.15, 0.2) is 30.3 Å². The van der Waals surface area contributed by atoms with Crippen LogP contribution in [0.4, 0.5) is 4.79 Å². The monoisotopic (exact) mass is 265 g/mol. The second-order valence-electron chi connectivity index (χ2n) is 5.50. The minimum atomic E-state index is -0.485. The molecule has 19 heavy (non-hydrogen) atoms. The fourth-order valence-corrected chi connectivity index (χ4v) is 1.64. The van der Waals surface area contributed by atoms with Crippen LogP contribution in [0.2, 0.25) is 0 Å². The standard InChI is InChI=1S/C15H23NO3/c1-15(2,3)19-14(18)16-11-7-10-13(17)12-8-5-4-6-9-12/h4-6,8-9,13,17H,7,10-11H2,1-3H3,(H,16,18)/t13-/m1/s1. The van der Waals surface area contributed by atoms with Crippen LogP contribution in [-0.2, 0) is 4.74 Å². The van der Waals surface area contributed by atoms with E-state index in [4.69, 9.17) is 4.74 Å². The van der Waals surface area contributed by atoms with Crippen LogP contribution >= 0.6 is 0 Å². The number of hydrogen-bond donors (Lipinski definition) is 2. The number of rotatable bonds is 5.